The Morgan fingerprint density at radius 1 is 0.889 bits per heavy atom. The summed E-state index contributed by atoms with van der Waals surface area (Å²) in [5.74, 6) is 0. The van der Waals surface area contributed by atoms with Gasteiger partial charge >= 0.3 is 0 Å². The van der Waals surface area contributed by atoms with Crippen LogP contribution in [0.2, 0.25) is 0 Å². The zero-order valence-electron chi connectivity index (χ0n) is 15.3. The van der Waals surface area contributed by atoms with Crippen LogP contribution in [0.1, 0.15) is 16.8 Å². The van der Waals surface area contributed by atoms with Gasteiger partial charge in [0.25, 0.3) is 0 Å². The molecular weight excluding hydrogens is 352 g/mol. The maximum atomic E-state index is 8.90. The van der Waals surface area contributed by atoms with Gasteiger partial charge in [-0.25, -0.2) is 4.98 Å². The van der Waals surface area contributed by atoms with Gasteiger partial charge in [0.2, 0.25) is 0 Å². The standard InChI is InChI=1S/C22H22N4S/c23-14-18-6-8-19(9-7-18)15-25-10-12-26(13-11-25)16-21-17-27-22(24-21)20-4-2-1-3-5-20/h1-9,17H,10-13,15-16H2/p+2. The van der Waals surface area contributed by atoms with Gasteiger partial charge in [0.05, 0.1) is 11.6 Å². The SMILES string of the molecule is N#Cc1ccc(C[NH+]2CC[NH+](Cc3csc(-c4ccccc4)n3)CC2)cc1. The zero-order chi connectivity index (χ0) is 18.5. The van der Waals surface area contributed by atoms with Crippen molar-refractivity contribution >= 4 is 11.3 Å². The molecule has 4 rings (SSSR count). The first kappa shape index (κ1) is 17.9. The van der Waals surface area contributed by atoms with Crippen LogP contribution in [0.15, 0.2) is 60.0 Å². The van der Waals surface area contributed by atoms with Crippen molar-refractivity contribution in [3.05, 3.63) is 76.8 Å². The number of rotatable bonds is 5. The van der Waals surface area contributed by atoms with Crippen LogP contribution < -0.4 is 9.80 Å². The summed E-state index contributed by atoms with van der Waals surface area (Å²) in [4.78, 5) is 8.10. The van der Waals surface area contributed by atoms with E-state index in [9.17, 15) is 0 Å². The van der Waals surface area contributed by atoms with Crippen LogP contribution in [-0.2, 0) is 13.1 Å². The monoisotopic (exact) mass is 376 g/mol. The van der Waals surface area contributed by atoms with E-state index in [1.54, 1.807) is 21.1 Å². The second-order valence-electron chi connectivity index (χ2n) is 7.17. The Morgan fingerprint density at radius 3 is 2.22 bits per heavy atom. The van der Waals surface area contributed by atoms with Crippen LogP contribution in [-0.4, -0.2) is 31.2 Å². The van der Waals surface area contributed by atoms with Crippen molar-refractivity contribution in [1.82, 2.24) is 4.98 Å². The Hall–Kier alpha value is -2.52. The molecule has 3 aromatic rings. The molecule has 1 saturated heterocycles. The van der Waals surface area contributed by atoms with E-state index in [2.05, 4.69) is 47.8 Å². The largest absolute Gasteiger partial charge is 0.322 e. The molecule has 136 valence electrons. The third kappa shape index (κ3) is 4.61. The normalized spacial score (nSPS) is 19.5. The van der Waals surface area contributed by atoms with Crippen LogP contribution >= 0.6 is 11.3 Å². The van der Waals surface area contributed by atoms with Gasteiger partial charge in [0.15, 0.2) is 0 Å². The predicted octanol–water partition coefficient (Wildman–Crippen LogP) is 1.17. The highest BCUT2D eigenvalue weighted by Crippen LogP contribution is 2.22. The molecule has 4 nitrogen and oxygen atoms in total. The lowest BCUT2D eigenvalue weighted by atomic mass is 10.1. The Labute approximate surface area is 164 Å². The van der Waals surface area contributed by atoms with E-state index in [-0.39, 0.29) is 0 Å². The lowest BCUT2D eigenvalue weighted by Gasteiger charge is -2.29. The molecule has 0 atom stereocenters. The Kier molecular flexibility index (Phi) is 5.59. The molecule has 0 amide bonds. The van der Waals surface area contributed by atoms with E-state index in [0.29, 0.717) is 0 Å². The Morgan fingerprint density at radius 2 is 1.56 bits per heavy atom. The second-order valence-corrected chi connectivity index (χ2v) is 8.03. The van der Waals surface area contributed by atoms with Gasteiger partial charge in [0.1, 0.15) is 50.0 Å². The molecule has 2 heterocycles. The van der Waals surface area contributed by atoms with Gasteiger partial charge in [-0.05, 0) is 12.1 Å². The summed E-state index contributed by atoms with van der Waals surface area (Å²) in [5, 5.41) is 12.2. The molecule has 2 N–H and O–H groups in total. The summed E-state index contributed by atoms with van der Waals surface area (Å²) < 4.78 is 0. The number of hydrogen-bond acceptors (Lipinski definition) is 3. The molecule has 0 unspecified atom stereocenters. The third-order valence-electron chi connectivity index (χ3n) is 5.20. The highest BCUT2D eigenvalue weighted by Gasteiger charge is 2.24. The maximum absolute atomic E-state index is 8.90. The fourth-order valence-electron chi connectivity index (χ4n) is 3.65. The van der Waals surface area contributed by atoms with Crippen molar-refractivity contribution in [3.63, 3.8) is 0 Å². The minimum absolute atomic E-state index is 0.737. The van der Waals surface area contributed by atoms with Gasteiger partial charge in [-0.1, -0.05) is 42.5 Å². The summed E-state index contributed by atoms with van der Waals surface area (Å²) in [5.41, 5.74) is 4.48. The van der Waals surface area contributed by atoms with Gasteiger partial charge in [-0.15, -0.1) is 11.3 Å². The van der Waals surface area contributed by atoms with E-state index in [1.807, 2.05) is 18.2 Å². The van der Waals surface area contributed by atoms with Crippen LogP contribution in [0.25, 0.3) is 10.6 Å². The number of nitrogens with one attached hydrogen (secondary N) is 2. The Balaban J connectivity index is 1.28. The van der Waals surface area contributed by atoms with E-state index >= 15 is 0 Å². The average molecular weight is 377 g/mol. The van der Waals surface area contributed by atoms with Crippen molar-refractivity contribution in [1.29, 1.82) is 5.26 Å². The molecule has 0 aliphatic carbocycles. The van der Waals surface area contributed by atoms with Crippen molar-refractivity contribution in [2.75, 3.05) is 26.2 Å². The predicted molar refractivity (Wildman–Crippen MR) is 108 cm³/mol. The van der Waals surface area contributed by atoms with Gasteiger partial charge < -0.3 is 9.80 Å². The van der Waals surface area contributed by atoms with Crippen LogP contribution in [0.5, 0.6) is 0 Å². The minimum Gasteiger partial charge on any atom is -0.322 e. The van der Waals surface area contributed by atoms with Crippen molar-refractivity contribution in [2.24, 2.45) is 0 Å². The quantitative estimate of drug-likeness (QED) is 0.702. The third-order valence-corrected chi connectivity index (χ3v) is 6.15. The molecule has 1 aliphatic heterocycles. The number of nitrogens with zero attached hydrogens (tertiary/aromatic N) is 2. The van der Waals surface area contributed by atoms with E-state index in [4.69, 9.17) is 10.2 Å². The number of thiazole rings is 1. The molecule has 1 aromatic heterocycles. The molecule has 27 heavy (non-hydrogen) atoms. The zero-order valence-corrected chi connectivity index (χ0v) is 16.1. The highest BCUT2D eigenvalue weighted by molar-refractivity contribution is 7.13. The maximum Gasteiger partial charge on any atom is 0.127 e. The van der Waals surface area contributed by atoms with E-state index < -0.39 is 0 Å². The fourth-order valence-corrected chi connectivity index (χ4v) is 4.48. The number of quaternary nitrogens is 2. The first-order valence-corrected chi connectivity index (χ1v) is 10.3. The van der Waals surface area contributed by atoms with Crippen molar-refractivity contribution in [3.8, 4) is 16.6 Å². The molecule has 2 aromatic carbocycles. The van der Waals surface area contributed by atoms with E-state index in [0.717, 1.165) is 23.7 Å². The summed E-state index contributed by atoms with van der Waals surface area (Å²) in [7, 11) is 0. The summed E-state index contributed by atoms with van der Waals surface area (Å²) in [6, 6.07) is 20.6. The average Bonchev–Trinajstić information content (AvgIpc) is 3.19. The topological polar surface area (TPSA) is 45.6 Å². The number of hydrogen-bond donors (Lipinski definition) is 2. The van der Waals surface area contributed by atoms with Crippen LogP contribution in [0.3, 0.4) is 0 Å². The number of aromatic nitrogens is 1. The first-order valence-electron chi connectivity index (χ1n) is 9.46. The van der Waals surface area contributed by atoms with Gasteiger partial charge in [0, 0.05) is 16.5 Å². The number of benzene rings is 2. The molecule has 1 aliphatic rings. The van der Waals surface area contributed by atoms with Crippen molar-refractivity contribution in [2.45, 2.75) is 13.1 Å². The summed E-state index contributed by atoms with van der Waals surface area (Å²) in [6.45, 7) is 6.81. The molecule has 0 bridgehead atoms. The smallest absolute Gasteiger partial charge is 0.127 e. The lowest BCUT2D eigenvalue weighted by molar-refractivity contribution is -1.02. The minimum atomic E-state index is 0.737. The van der Waals surface area contributed by atoms with Crippen LogP contribution in [0.4, 0.5) is 0 Å². The lowest BCUT2D eigenvalue weighted by Crippen LogP contribution is -3.27. The second kappa shape index (κ2) is 8.45. The van der Waals surface area contributed by atoms with Gasteiger partial charge in [-0.2, -0.15) is 5.26 Å². The molecular formula is C22H24N4S+2. The fraction of sp³-hybridized carbons (Fsp3) is 0.273. The summed E-state index contributed by atoms with van der Waals surface area (Å²) >= 11 is 1.74. The first-order chi connectivity index (χ1) is 13.3. The van der Waals surface area contributed by atoms with E-state index in [1.165, 1.54) is 43.0 Å². The van der Waals surface area contributed by atoms with Gasteiger partial charge in [-0.3, -0.25) is 0 Å². The molecule has 5 heteroatoms. The molecule has 0 spiro atoms. The highest BCUT2D eigenvalue weighted by atomic mass is 32.1. The van der Waals surface area contributed by atoms with Crippen molar-refractivity contribution < 1.29 is 9.80 Å². The Bertz CT molecular complexity index is 903. The number of piperazine rings is 1. The van der Waals surface area contributed by atoms with Crippen LogP contribution in [0, 0.1) is 11.3 Å². The summed E-state index contributed by atoms with van der Waals surface area (Å²) in [6.07, 6.45) is 0. The number of nitriles is 1. The molecule has 0 radical (unpaired) electrons. The molecule has 0 saturated carbocycles. The molecule has 1 fully saturated rings.